The Kier molecular flexibility index (Phi) is 4.92. The standard InChI is InChI=1S/C11H22N2O2S2/c1-4-10(11(12)16)17(14,15)13(8(2)3)7-9-5-6-9/h8-10H,4-7H2,1-3H3,(H2,12,16). The average Bonchev–Trinajstić information content (AvgIpc) is 2.96. The van der Waals surface area contributed by atoms with Crippen molar-refractivity contribution >= 4 is 27.2 Å². The first-order valence-electron chi connectivity index (χ1n) is 6.10. The molecule has 1 rings (SSSR count). The lowest BCUT2D eigenvalue weighted by molar-refractivity contribution is 0.339. The lowest BCUT2D eigenvalue weighted by Crippen LogP contribution is -2.47. The highest BCUT2D eigenvalue weighted by Gasteiger charge is 2.37. The topological polar surface area (TPSA) is 63.4 Å². The van der Waals surface area contributed by atoms with Gasteiger partial charge < -0.3 is 5.73 Å². The van der Waals surface area contributed by atoms with Crippen LogP contribution in [0.1, 0.15) is 40.0 Å². The lowest BCUT2D eigenvalue weighted by Gasteiger charge is -2.29. The summed E-state index contributed by atoms with van der Waals surface area (Å²) in [6.07, 6.45) is 2.69. The van der Waals surface area contributed by atoms with Crippen LogP contribution in [0.4, 0.5) is 0 Å². The van der Waals surface area contributed by atoms with E-state index in [9.17, 15) is 8.42 Å². The van der Waals surface area contributed by atoms with Gasteiger partial charge in [-0.25, -0.2) is 8.42 Å². The van der Waals surface area contributed by atoms with Crippen molar-refractivity contribution in [3.05, 3.63) is 0 Å². The smallest absolute Gasteiger partial charge is 0.223 e. The third kappa shape index (κ3) is 3.63. The van der Waals surface area contributed by atoms with Crippen molar-refractivity contribution in [3.63, 3.8) is 0 Å². The lowest BCUT2D eigenvalue weighted by atomic mass is 10.3. The molecule has 0 aromatic heterocycles. The number of sulfonamides is 1. The summed E-state index contributed by atoms with van der Waals surface area (Å²) in [6.45, 7) is 6.20. The van der Waals surface area contributed by atoms with Crippen LogP contribution in [0, 0.1) is 5.92 Å². The first kappa shape index (κ1) is 14.9. The fourth-order valence-corrected chi connectivity index (χ4v) is 4.46. The van der Waals surface area contributed by atoms with Gasteiger partial charge in [-0.15, -0.1) is 0 Å². The molecule has 0 heterocycles. The molecule has 1 unspecified atom stereocenters. The summed E-state index contributed by atoms with van der Waals surface area (Å²) in [5.41, 5.74) is 5.54. The van der Waals surface area contributed by atoms with E-state index in [1.54, 1.807) is 11.2 Å². The van der Waals surface area contributed by atoms with Crippen molar-refractivity contribution in [2.75, 3.05) is 6.54 Å². The van der Waals surface area contributed by atoms with Gasteiger partial charge in [0.05, 0.1) is 4.99 Å². The van der Waals surface area contributed by atoms with Gasteiger partial charge in [-0.3, -0.25) is 0 Å². The summed E-state index contributed by atoms with van der Waals surface area (Å²) in [5.74, 6) is 0.524. The van der Waals surface area contributed by atoms with Crippen molar-refractivity contribution in [2.45, 2.75) is 51.3 Å². The van der Waals surface area contributed by atoms with Crippen LogP contribution in [0.25, 0.3) is 0 Å². The van der Waals surface area contributed by atoms with Crippen molar-refractivity contribution in [2.24, 2.45) is 11.7 Å². The van der Waals surface area contributed by atoms with E-state index in [1.165, 1.54) is 0 Å². The molecule has 0 saturated heterocycles. The van der Waals surface area contributed by atoms with Gasteiger partial charge in [0.25, 0.3) is 0 Å². The molecule has 100 valence electrons. The maximum absolute atomic E-state index is 12.5. The van der Waals surface area contributed by atoms with Crippen LogP contribution in [0.5, 0.6) is 0 Å². The summed E-state index contributed by atoms with van der Waals surface area (Å²) in [5, 5.41) is -0.723. The first-order chi connectivity index (χ1) is 7.80. The first-order valence-corrected chi connectivity index (χ1v) is 8.01. The highest BCUT2D eigenvalue weighted by molar-refractivity contribution is 7.92. The Labute approximate surface area is 110 Å². The maximum Gasteiger partial charge on any atom is 0.223 e. The van der Waals surface area contributed by atoms with E-state index in [1.807, 2.05) is 13.8 Å². The van der Waals surface area contributed by atoms with Crippen molar-refractivity contribution in [3.8, 4) is 0 Å². The summed E-state index contributed by atoms with van der Waals surface area (Å²) < 4.78 is 26.5. The predicted molar refractivity (Wildman–Crippen MR) is 74.4 cm³/mol. The third-order valence-electron chi connectivity index (χ3n) is 3.09. The van der Waals surface area contributed by atoms with Gasteiger partial charge in [0.2, 0.25) is 10.0 Å². The molecule has 1 saturated carbocycles. The quantitative estimate of drug-likeness (QED) is 0.717. The van der Waals surface area contributed by atoms with E-state index in [-0.39, 0.29) is 11.0 Å². The van der Waals surface area contributed by atoms with E-state index >= 15 is 0 Å². The molecule has 0 aliphatic heterocycles. The number of nitrogens with zero attached hydrogens (tertiary/aromatic N) is 1. The normalized spacial score (nSPS) is 18.6. The predicted octanol–water partition coefficient (Wildman–Crippen LogP) is 1.50. The summed E-state index contributed by atoms with van der Waals surface area (Å²) in [4.78, 5) is 0.0777. The Bertz CT molecular complexity index is 375. The SMILES string of the molecule is CCC(C(N)=S)S(=O)(=O)N(CC1CC1)C(C)C. The average molecular weight is 278 g/mol. The van der Waals surface area contributed by atoms with Gasteiger partial charge in [0.15, 0.2) is 0 Å². The van der Waals surface area contributed by atoms with Crippen LogP contribution >= 0.6 is 12.2 Å². The number of rotatable bonds is 7. The minimum atomic E-state index is -3.40. The molecule has 0 aromatic rings. The second-order valence-electron chi connectivity index (χ2n) is 4.95. The minimum Gasteiger partial charge on any atom is -0.392 e. The second kappa shape index (κ2) is 5.63. The van der Waals surface area contributed by atoms with Gasteiger partial charge in [-0.1, -0.05) is 19.1 Å². The van der Waals surface area contributed by atoms with E-state index in [0.717, 1.165) is 12.8 Å². The summed E-state index contributed by atoms with van der Waals surface area (Å²) >= 11 is 4.87. The molecule has 1 aliphatic carbocycles. The van der Waals surface area contributed by atoms with Crippen LogP contribution in [0.15, 0.2) is 0 Å². The van der Waals surface area contributed by atoms with Crippen LogP contribution in [0.3, 0.4) is 0 Å². The van der Waals surface area contributed by atoms with Gasteiger partial charge >= 0.3 is 0 Å². The van der Waals surface area contributed by atoms with E-state index < -0.39 is 15.3 Å². The zero-order chi connectivity index (χ0) is 13.2. The Morgan fingerprint density at radius 1 is 1.47 bits per heavy atom. The number of nitrogens with two attached hydrogens (primary N) is 1. The number of hydrogen-bond donors (Lipinski definition) is 1. The van der Waals surface area contributed by atoms with Crippen LogP contribution < -0.4 is 5.73 Å². The largest absolute Gasteiger partial charge is 0.392 e. The third-order valence-corrected chi connectivity index (χ3v) is 6.05. The number of hydrogen-bond acceptors (Lipinski definition) is 3. The molecule has 0 amide bonds. The fraction of sp³-hybridized carbons (Fsp3) is 0.909. The molecule has 1 aliphatic rings. The maximum atomic E-state index is 12.5. The molecule has 17 heavy (non-hydrogen) atoms. The van der Waals surface area contributed by atoms with Crippen molar-refractivity contribution in [1.82, 2.24) is 4.31 Å². The molecule has 1 fully saturated rings. The molecule has 0 bridgehead atoms. The van der Waals surface area contributed by atoms with E-state index in [0.29, 0.717) is 18.9 Å². The Balaban J connectivity index is 2.92. The highest BCUT2D eigenvalue weighted by Crippen LogP contribution is 2.32. The Morgan fingerprint density at radius 2 is 2.00 bits per heavy atom. The number of thiocarbonyl (C=S) groups is 1. The van der Waals surface area contributed by atoms with Gasteiger partial charge in [-0.2, -0.15) is 4.31 Å². The molecule has 1 atom stereocenters. The van der Waals surface area contributed by atoms with Crippen LogP contribution in [0.2, 0.25) is 0 Å². The molecule has 0 aromatic carbocycles. The second-order valence-corrected chi connectivity index (χ2v) is 7.49. The van der Waals surface area contributed by atoms with E-state index in [2.05, 4.69) is 0 Å². The Morgan fingerprint density at radius 3 is 2.29 bits per heavy atom. The minimum absolute atomic E-state index is 0.0380. The Hall–Kier alpha value is -0.200. The molecular formula is C11H22N2O2S2. The molecule has 2 N–H and O–H groups in total. The molecule has 0 radical (unpaired) electrons. The van der Waals surface area contributed by atoms with Gasteiger partial charge in [0, 0.05) is 12.6 Å². The zero-order valence-electron chi connectivity index (χ0n) is 10.7. The molecular weight excluding hydrogens is 256 g/mol. The zero-order valence-corrected chi connectivity index (χ0v) is 12.4. The fourth-order valence-electron chi connectivity index (χ4n) is 1.89. The summed E-state index contributed by atoms with van der Waals surface area (Å²) in [6, 6.07) is -0.0380. The summed E-state index contributed by atoms with van der Waals surface area (Å²) in [7, 11) is -3.40. The van der Waals surface area contributed by atoms with Crippen LogP contribution in [-0.2, 0) is 10.0 Å². The molecule has 0 spiro atoms. The van der Waals surface area contributed by atoms with Gasteiger partial charge in [0.1, 0.15) is 5.25 Å². The molecule has 4 nitrogen and oxygen atoms in total. The van der Waals surface area contributed by atoms with Crippen LogP contribution in [-0.4, -0.2) is 35.5 Å². The monoisotopic (exact) mass is 278 g/mol. The van der Waals surface area contributed by atoms with E-state index in [4.69, 9.17) is 18.0 Å². The van der Waals surface area contributed by atoms with Crippen molar-refractivity contribution in [1.29, 1.82) is 0 Å². The van der Waals surface area contributed by atoms with Crippen molar-refractivity contribution < 1.29 is 8.42 Å². The molecule has 6 heteroatoms. The highest BCUT2D eigenvalue weighted by atomic mass is 32.2. The van der Waals surface area contributed by atoms with Gasteiger partial charge in [-0.05, 0) is 39.0 Å².